The minimum atomic E-state index is -0.130. The quantitative estimate of drug-likeness (QED) is 0.496. The molecule has 4 nitrogen and oxygen atoms in total. The minimum absolute atomic E-state index is 0.130. The van der Waals surface area contributed by atoms with Gasteiger partial charge in [-0.15, -0.1) is 11.8 Å². The zero-order chi connectivity index (χ0) is 16.2. The van der Waals surface area contributed by atoms with E-state index in [-0.39, 0.29) is 5.91 Å². The number of aryl methyl sites for hydroxylation is 1. The average molecular weight is 328 g/mol. The summed E-state index contributed by atoms with van der Waals surface area (Å²) < 4.78 is 5.69. The highest BCUT2D eigenvalue weighted by Gasteiger charge is 2.36. The van der Waals surface area contributed by atoms with Gasteiger partial charge in [-0.25, -0.2) is 5.43 Å². The molecule has 23 heavy (non-hydrogen) atoms. The zero-order valence-corrected chi connectivity index (χ0v) is 14.1. The molecule has 1 amide bonds. The summed E-state index contributed by atoms with van der Waals surface area (Å²) in [5.74, 6) is 3.16. The lowest BCUT2D eigenvalue weighted by Crippen LogP contribution is -2.19. The third-order valence-electron chi connectivity index (χ3n) is 3.89. The van der Waals surface area contributed by atoms with Gasteiger partial charge in [0, 0.05) is 10.8 Å². The Balaban J connectivity index is 1.43. The van der Waals surface area contributed by atoms with E-state index in [9.17, 15) is 4.79 Å². The maximum Gasteiger partial charge on any atom is 0.250 e. The number of hydrogen-bond acceptors (Lipinski definition) is 4. The third-order valence-corrected chi connectivity index (χ3v) is 4.91. The van der Waals surface area contributed by atoms with Gasteiger partial charge < -0.3 is 4.42 Å². The van der Waals surface area contributed by atoms with E-state index < -0.39 is 0 Å². The molecular formula is C18H20N2O2S. The van der Waals surface area contributed by atoms with Crippen LogP contribution in [0.25, 0.3) is 0 Å². The molecule has 1 aliphatic rings. The molecule has 2 aromatic rings. The Morgan fingerprint density at radius 2 is 2.09 bits per heavy atom. The van der Waals surface area contributed by atoms with Crippen molar-refractivity contribution in [2.45, 2.75) is 31.1 Å². The third kappa shape index (κ3) is 4.48. The largest absolute Gasteiger partial charge is 0.460 e. The molecule has 5 heteroatoms. The highest BCUT2D eigenvalue weighted by Crippen LogP contribution is 2.47. The van der Waals surface area contributed by atoms with Gasteiger partial charge in [0.2, 0.25) is 5.91 Å². The van der Waals surface area contributed by atoms with Crippen molar-refractivity contribution in [2.24, 2.45) is 11.0 Å². The van der Waals surface area contributed by atoms with Gasteiger partial charge in [0.05, 0.1) is 12.0 Å². The number of furan rings is 1. The summed E-state index contributed by atoms with van der Waals surface area (Å²) in [6.45, 7) is 4.26. The van der Waals surface area contributed by atoms with Crippen molar-refractivity contribution in [3.8, 4) is 0 Å². The number of rotatable bonds is 6. The normalized spacial score (nSPS) is 19.9. The van der Waals surface area contributed by atoms with Crippen LogP contribution in [0, 0.1) is 12.8 Å². The molecule has 1 aromatic carbocycles. The Labute approximate surface area is 140 Å². The smallest absolute Gasteiger partial charge is 0.250 e. The van der Waals surface area contributed by atoms with Crippen LogP contribution in [0.5, 0.6) is 0 Å². The van der Waals surface area contributed by atoms with Crippen LogP contribution < -0.4 is 5.43 Å². The predicted molar refractivity (Wildman–Crippen MR) is 92.9 cm³/mol. The molecule has 1 heterocycles. The molecule has 1 saturated carbocycles. The first kappa shape index (κ1) is 15.9. The molecule has 1 aliphatic carbocycles. The van der Waals surface area contributed by atoms with E-state index in [0.29, 0.717) is 23.3 Å². The number of carbonyl (C=O) groups excluding carboxylic acids is 1. The lowest BCUT2D eigenvalue weighted by atomic mass is 10.2. The Morgan fingerprint density at radius 3 is 2.78 bits per heavy atom. The Kier molecular flexibility index (Phi) is 4.86. The van der Waals surface area contributed by atoms with E-state index >= 15 is 0 Å². The van der Waals surface area contributed by atoms with Gasteiger partial charge in [-0.1, -0.05) is 24.6 Å². The molecule has 0 radical (unpaired) electrons. The summed E-state index contributed by atoms with van der Waals surface area (Å²) in [5, 5.41) is 3.95. The second-order valence-electron chi connectivity index (χ2n) is 5.95. The van der Waals surface area contributed by atoms with E-state index in [1.807, 2.05) is 43.3 Å². The number of amides is 1. The molecule has 1 fully saturated rings. The highest BCUT2D eigenvalue weighted by atomic mass is 32.2. The molecule has 0 bridgehead atoms. The highest BCUT2D eigenvalue weighted by molar-refractivity contribution is 8.00. The summed E-state index contributed by atoms with van der Waals surface area (Å²) in [6.07, 6.45) is 2.74. The van der Waals surface area contributed by atoms with E-state index in [4.69, 9.17) is 4.42 Å². The van der Waals surface area contributed by atoms with Crippen LogP contribution in [-0.2, 0) is 4.79 Å². The fourth-order valence-corrected chi connectivity index (χ4v) is 3.03. The van der Waals surface area contributed by atoms with Crippen molar-refractivity contribution in [3.63, 3.8) is 0 Å². The lowest BCUT2D eigenvalue weighted by molar-refractivity contribution is -0.118. The van der Waals surface area contributed by atoms with Crippen LogP contribution in [0.2, 0.25) is 0 Å². The summed E-state index contributed by atoms with van der Waals surface area (Å²) in [5.41, 5.74) is 3.74. The fraction of sp³-hybridized carbons (Fsp3) is 0.333. The second-order valence-corrected chi connectivity index (χ2v) is 7.00. The van der Waals surface area contributed by atoms with Crippen LogP contribution in [0.4, 0.5) is 0 Å². The Hall–Kier alpha value is -2.01. The molecule has 0 spiro atoms. The van der Waals surface area contributed by atoms with E-state index in [1.165, 1.54) is 23.7 Å². The van der Waals surface area contributed by atoms with Crippen LogP contribution in [0.1, 0.15) is 36.3 Å². The van der Waals surface area contributed by atoms with Crippen molar-refractivity contribution in [1.29, 1.82) is 0 Å². The van der Waals surface area contributed by atoms with Crippen LogP contribution >= 0.6 is 11.8 Å². The Bertz CT molecular complexity index is 706. The summed E-state index contributed by atoms with van der Waals surface area (Å²) in [7, 11) is 0. The van der Waals surface area contributed by atoms with Gasteiger partial charge in [0.1, 0.15) is 11.5 Å². The molecule has 0 aliphatic heterocycles. The Morgan fingerprint density at radius 1 is 1.35 bits per heavy atom. The van der Waals surface area contributed by atoms with Crippen molar-refractivity contribution in [3.05, 3.63) is 53.5 Å². The van der Waals surface area contributed by atoms with Gasteiger partial charge >= 0.3 is 0 Å². The second kappa shape index (κ2) is 7.04. The van der Waals surface area contributed by atoms with Crippen molar-refractivity contribution in [1.82, 2.24) is 5.43 Å². The number of carbonyl (C=O) groups is 1. The first-order valence-corrected chi connectivity index (χ1v) is 8.71. The number of benzene rings is 1. The van der Waals surface area contributed by atoms with E-state index in [1.54, 1.807) is 6.21 Å². The van der Waals surface area contributed by atoms with E-state index in [0.717, 1.165) is 10.7 Å². The number of nitrogens with zero attached hydrogens (tertiary/aromatic N) is 1. The van der Waals surface area contributed by atoms with Gasteiger partial charge in [0.25, 0.3) is 0 Å². The molecule has 2 atom stereocenters. The summed E-state index contributed by atoms with van der Waals surface area (Å²) in [6, 6.07) is 12.0. The van der Waals surface area contributed by atoms with Crippen molar-refractivity contribution < 1.29 is 9.21 Å². The van der Waals surface area contributed by atoms with Gasteiger partial charge in [-0.3, -0.25) is 4.79 Å². The van der Waals surface area contributed by atoms with Gasteiger partial charge in [-0.05, 0) is 43.5 Å². The standard InChI is InChI=1S/C18H20N2O2S/c1-12-3-6-15(7-4-12)23-11-18(21)20-19-10-14-5-8-17(22-14)16-9-13(16)2/h3-8,10,13,16H,9,11H2,1-2H3,(H,20,21)/b19-10-/t13-,16-/m0/s1. The van der Waals surface area contributed by atoms with Crippen molar-refractivity contribution >= 4 is 23.9 Å². The topological polar surface area (TPSA) is 54.6 Å². The molecular weight excluding hydrogens is 308 g/mol. The molecule has 3 rings (SSSR count). The first-order valence-electron chi connectivity index (χ1n) is 7.73. The molecule has 120 valence electrons. The monoisotopic (exact) mass is 328 g/mol. The van der Waals surface area contributed by atoms with Crippen molar-refractivity contribution in [2.75, 3.05) is 5.75 Å². The van der Waals surface area contributed by atoms with Crippen LogP contribution in [0.15, 0.2) is 50.8 Å². The SMILES string of the molecule is Cc1ccc(SCC(=O)N/N=C\c2ccc([C@H]3C[C@@H]3C)o2)cc1. The summed E-state index contributed by atoms with van der Waals surface area (Å²) in [4.78, 5) is 12.8. The summed E-state index contributed by atoms with van der Waals surface area (Å²) >= 11 is 1.49. The maximum absolute atomic E-state index is 11.8. The number of hydrogen-bond donors (Lipinski definition) is 1. The first-order chi connectivity index (χ1) is 11.1. The molecule has 0 unspecified atom stereocenters. The average Bonchev–Trinajstić information content (AvgIpc) is 3.08. The molecule has 1 aromatic heterocycles. The zero-order valence-electron chi connectivity index (χ0n) is 13.3. The fourth-order valence-electron chi connectivity index (χ4n) is 2.34. The number of nitrogens with one attached hydrogen (secondary N) is 1. The molecule has 1 N–H and O–H groups in total. The van der Waals surface area contributed by atoms with Crippen LogP contribution in [-0.4, -0.2) is 17.9 Å². The van der Waals surface area contributed by atoms with Gasteiger partial charge in [0.15, 0.2) is 0 Å². The maximum atomic E-state index is 11.8. The predicted octanol–water partition coefficient (Wildman–Crippen LogP) is 3.95. The van der Waals surface area contributed by atoms with Gasteiger partial charge in [-0.2, -0.15) is 5.10 Å². The minimum Gasteiger partial charge on any atom is -0.460 e. The molecule has 0 saturated heterocycles. The lowest BCUT2D eigenvalue weighted by Gasteiger charge is -2.01. The number of hydrazone groups is 1. The van der Waals surface area contributed by atoms with Crippen LogP contribution in [0.3, 0.4) is 0 Å². The van der Waals surface area contributed by atoms with E-state index in [2.05, 4.69) is 17.5 Å². The number of thioether (sulfide) groups is 1.